The number of anilines is 1. The number of hydrogen-bond acceptors (Lipinski definition) is 4. The first kappa shape index (κ1) is 9.08. The molecular formula is C9H10N4S. The van der Waals surface area contributed by atoms with Gasteiger partial charge in [0, 0.05) is 6.20 Å². The average Bonchev–Trinajstić information content (AvgIpc) is 2.61. The van der Waals surface area contributed by atoms with E-state index in [9.17, 15) is 0 Å². The molecule has 72 valence electrons. The van der Waals surface area contributed by atoms with E-state index in [0.717, 1.165) is 16.3 Å². The number of hydrogen-bond donors (Lipinski definition) is 2. The van der Waals surface area contributed by atoms with Gasteiger partial charge in [0.1, 0.15) is 10.8 Å². The van der Waals surface area contributed by atoms with Crippen molar-refractivity contribution >= 4 is 17.6 Å². The van der Waals surface area contributed by atoms with Crippen molar-refractivity contribution in [3.8, 4) is 11.3 Å². The predicted octanol–water partition coefficient (Wildman–Crippen LogP) is 1.78. The molecule has 2 heterocycles. The number of nitrogens with two attached hydrogens (primary N) is 1. The SMILES string of the molecule is CSc1n[nH]c(N)c1-c1ccccn1. The second kappa shape index (κ2) is 3.71. The Hall–Kier alpha value is -1.49. The molecule has 5 heteroatoms. The summed E-state index contributed by atoms with van der Waals surface area (Å²) >= 11 is 1.55. The van der Waals surface area contributed by atoms with Crippen LogP contribution in [0.25, 0.3) is 11.3 Å². The van der Waals surface area contributed by atoms with E-state index in [1.165, 1.54) is 0 Å². The van der Waals surface area contributed by atoms with Gasteiger partial charge in [0.05, 0.1) is 11.3 Å². The van der Waals surface area contributed by atoms with Gasteiger partial charge in [0.25, 0.3) is 0 Å². The smallest absolute Gasteiger partial charge is 0.129 e. The van der Waals surface area contributed by atoms with Gasteiger partial charge in [-0.1, -0.05) is 6.07 Å². The number of aromatic amines is 1. The summed E-state index contributed by atoms with van der Waals surface area (Å²) in [6.07, 6.45) is 3.70. The minimum Gasteiger partial charge on any atom is -0.383 e. The molecule has 0 fully saturated rings. The van der Waals surface area contributed by atoms with Crippen LogP contribution in [0.2, 0.25) is 0 Å². The van der Waals surface area contributed by atoms with Gasteiger partial charge in [0.2, 0.25) is 0 Å². The highest BCUT2D eigenvalue weighted by Gasteiger charge is 2.12. The minimum absolute atomic E-state index is 0.563. The summed E-state index contributed by atoms with van der Waals surface area (Å²) in [5.74, 6) is 0.563. The fourth-order valence-electron chi connectivity index (χ4n) is 1.24. The largest absolute Gasteiger partial charge is 0.383 e. The molecule has 0 aliphatic rings. The minimum atomic E-state index is 0.563. The Morgan fingerprint density at radius 2 is 2.29 bits per heavy atom. The summed E-state index contributed by atoms with van der Waals surface area (Å²) < 4.78 is 0. The predicted molar refractivity (Wildman–Crippen MR) is 58.0 cm³/mol. The molecule has 0 atom stereocenters. The van der Waals surface area contributed by atoms with Crippen molar-refractivity contribution in [1.82, 2.24) is 15.2 Å². The van der Waals surface area contributed by atoms with Crippen molar-refractivity contribution in [1.29, 1.82) is 0 Å². The second-order valence-electron chi connectivity index (χ2n) is 2.74. The van der Waals surface area contributed by atoms with Gasteiger partial charge < -0.3 is 5.73 Å². The molecular weight excluding hydrogens is 196 g/mol. The van der Waals surface area contributed by atoms with Crippen molar-refractivity contribution < 1.29 is 0 Å². The molecule has 0 aromatic carbocycles. The number of aromatic nitrogens is 3. The molecule has 0 unspecified atom stereocenters. The summed E-state index contributed by atoms with van der Waals surface area (Å²) in [5, 5.41) is 7.71. The van der Waals surface area contributed by atoms with Gasteiger partial charge in [-0.05, 0) is 18.4 Å². The number of thioether (sulfide) groups is 1. The van der Waals surface area contributed by atoms with Gasteiger partial charge in [0.15, 0.2) is 0 Å². The first-order valence-electron chi connectivity index (χ1n) is 4.12. The molecule has 0 amide bonds. The molecule has 3 N–H and O–H groups in total. The first-order chi connectivity index (χ1) is 6.83. The number of nitrogen functional groups attached to an aromatic ring is 1. The third kappa shape index (κ3) is 1.46. The number of nitrogens with one attached hydrogen (secondary N) is 1. The van der Waals surface area contributed by atoms with Crippen LogP contribution < -0.4 is 5.73 Å². The zero-order valence-electron chi connectivity index (χ0n) is 7.69. The first-order valence-corrected chi connectivity index (χ1v) is 5.34. The van der Waals surface area contributed by atoms with Gasteiger partial charge in [-0.15, -0.1) is 11.8 Å². The van der Waals surface area contributed by atoms with Crippen LogP contribution >= 0.6 is 11.8 Å². The molecule has 2 rings (SSSR count). The van der Waals surface area contributed by atoms with Crippen molar-refractivity contribution in [2.75, 3.05) is 12.0 Å². The third-order valence-electron chi connectivity index (χ3n) is 1.88. The molecule has 0 aliphatic heterocycles. The molecule has 2 aromatic heterocycles. The zero-order valence-corrected chi connectivity index (χ0v) is 8.51. The van der Waals surface area contributed by atoms with Gasteiger partial charge in [-0.2, -0.15) is 5.10 Å². The molecule has 14 heavy (non-hydrogen) atoms. The lowest BCUT2D eigenvalue weighted by Gasteiger charge is -1.99. The summed E-state index contributed by atoms with van der Waals surface area (Å²) in [5.41, 5.74) is 7.51. The van der Waals surface area contributed by atoms with E-state index >= 15 is 0 Å². The number of pyridine rings is 1. The molecule has 0 saturated heterocycles. The van der Waals surface area contributed by atoms with E-state index in [2.05, 4.69) is 15.2 Å². The maximum absolute atomic E-state index is 5.78. The number of rotatable bonds is 2. The van der Waals surface area contributed by atoms with Gasteiger partial charge >= 0.3 is 0 Å². The Kier molecular flexibility index (Phi) is 2.41. The van der Waals surface area contributed by atoms with Crippen LogP contribution in [0.5, 0.6) is 0 Å². The number of H-pyrrole nitrogens is 1. The Morgan fingerprint density at radius 1 is 1.43 bits per heavy atom. The van der Waals surface area contributed by atoms with Crippen LogP contribution in [0.15, 0.2) is 29.4 Å². The van der Waals surface area contributed by atoms with Crippen molar-refractivity contribution in [2.24, 2.45) is 0 Å². The van der Waals surface area contributed by atoms with Crippen LogP contribution in [0.1, 0.15) is 0 Å². The van der Waals surface area contributed by atoms with Crippen LogP contribution in [0.4, 0.5) is 5.82 Å². The van der Waals surface area contributed by atoms with Crippen molar-refractivity contribution in [3.05, 3.63) is 24.4 Å². The van der Waals surface area contributed by atoms with Gasteiger partial charge in [-0.3, -0.25) is 10.1 Å². The zero-order chi connectivity index (χ0) is 9.97. The molecule has 0 aliphatic carbocycles. The topological polar surface area (TPSA) is 67.6 Å². The lowest BCUT2D eigenvalue weighted by Crippen LogP contribution is -1.89. The lowest BCUT2D eigenvalue weighted by molar-refractivity contribution is 1.01. The Morgan fingerprint density at radius 3 is 2.93 bits per heavy atom. The normalized spacial score (nSPS) is 10.4. The van der Waals surface area contributed by atoms with Crippen molar-refractivity contribution in [3.63, 3.8) is 0 Å². The Balaban J connectivity index is 2.55. The van der Waals surface area contributed by atoms with Crippen LogP contribution in [0.3, 0.4) is 0 Å². The van der Waals surface area contributed by atoms with E-state index in [0.29, 0.717) is 5.82 Å². The summed E-state index contributed by atoms with van der Waals surface area (Å²) in [6.45, 7) is 0. The van der Waals surface area contributed by atoms with E-state index in [-0.39, 0.29) is 0 Å². The fourth-order valence-corrected chi connectivity index (χ4v) is 1.80. The highest BCUT2D eigenvalue weighted by molar-refractivity contribution is 7.98. The van der Waals surface area contributed by atoms with Gasteiger partial charge in [-0.25, -0.2) is 0 Å². The van der Waals surface area contributed by atoms with Crippen LogP contribution in [-0.4, -0.2) is 21.4 Å². The Labute approximate surface area is 85.9 Å². The fraction of sp³-hybridized carbons (Fsp3) is 0.111. The molecule has 4 nitrogen and oxygen atoms in total. The van der Waals surface area contributed by atoms with E-state index < -0.39 is 0 Å². The monoisotopic (exact) mass is 206 g/mol. The highest BCUT2D eigenvalue weighted by Crippen LogP contribution is 2.31. The van der Waals surface area contributed by atoms with Crippen molar-refractivity contribution in [2.45, 2.75) is 5.03 Å². The maximum Gasteiger partial charge on any atom is 0.129 e. The maximum atomic E-state index is 5.78. The highest BCUT2D eigenvalue weighted by atomic mass is 32.2. The quantitative estimate of drug-likeness (QED) is 0.735. The van der Waals surface area contributed by atoms with Crippen LogP contribution in [-0.2, 0) is 0 Å². The molecule has 0 spiro atoms. The molecule has 0 radical (unpaired) electrons. The molecule has 2 aromatic rings. The third-order valence-corrected chi connectivity index (χ3v) is 2.56. The van der Waals surface area contributed by atoms with E-state index in [4.69, 9.17) is 5.73 Å². The standard InChI is InChI=1S/C9H10N4S/c1-14-9-7(8(10)12-13-9)6-4-2-3-5-11-6/h2-5H,1H3,(H3,10,12,13). The van der Waals surface area contributed by atoms with E-state index in [1.807, 2.05) is 24.5 Å². The second-order valence-corrected chi connectivity index (χ2v) is 3.53. The molecule has 0 bridgehead atoms. The van der Waals surface area contributed by atoms with E-state index in [1.54, 1.807) is 18.0 Å². The summed E-state index contributed by atoms with van der Waals surface area (Å²) in [7, 11) is 0. The van der Waals surface area contributed by atoms with Crippen LogP contribution in [0, 0.1) is 0 Å². The average molecular weight is 206 g/mol. The Bertz CT molecular complexity index is 424. The lowest BCUT2D eigenvalue weighted by atomic mass is 10.2. The number of nitrogens with zero attached hydrogens (tertiary/aromatic N) is 2. The summed E-state index contributed by atoms with van der Waals surface area (Å²) in [6, 6.07) is 5.72. The molecule has 0 saturated carbocycles. The summed E-state index contributed by atoms with van der Waals surface area (Å²) in [4.78, 5) is 4.24.